The van der Waals surface area contributed by atoms with Crippen molar-refractivity contribution in [2.24, 2.45) is 5.92 Å². The van der Waals surface area contributed by atoms with E-state index in [4.69, 9.17) is 5.26 Å². The molecule has 0 saturated carbocycles. The Kier molecular flexibility index (Phi) is 5.55. The summed E-state index contributed by atoms with van der Waals surface area (Å²) in [5.74, 6) is -0.0117. The SMILES string of the molecule is CCC(CC)C(C#N)NCC(F)(F)F. The molecule has 0 saturated heterocycles. The predicted molar refractivity (Wildman–Crippen MR) is 47.5 cm³/mol. The first kappa shape index (κ1) is 13.2. The number of rotatable bonds is 5. The van der Waals surface area contributed by atoms with Gasteiger partial charge in [0, 0.05) is 0 Å². The molecule has 1 atom stereocenters. The number of hydrogen-bond donors (Lipinski definition) is 1. The Labute approximate surface area is 82.1 Å². The summed E-state index contributed by atoms with van der Waals surface area (Å²) in [5, 5.41) is 10.9. The van der Waals surface area contributed by atoms with E-state index >= 15 is 0 Å². The first-order chi connectivity index (χ1) is 6.44. The van der Waals surface area contributed by atoms with E-state index < -0.39 is 18.8 Å². The monoisotopic (exact) mass is 208 g/mol. The van der Waals surface area contributed by atoms with E-state index in [2.05, 4.69) is 5.32 Å². The topological polar surface area (TPSA) is 35.8 Å². The Hall–Kier alpha value is -0.760. The van der Waals surface area contributed by atoms with Crippen molar-refractivity contribution in [3.63, 3.8) is 0 Å². The highest BCUT2D eigenvalue weighted by Crippen LogP contribution is 2.16. The molecule has 0 aromatic rings. The average molecular weight is 208 g/mol. The largest absolute Gasteiger partial charge is 0.401 e. The van der Waals surface area contributed by atoms with Gasteiger partial charge in [-0.25, -0.2) is 0 Å². The van der Waals surface area contributed by atoms with Crippen LogP contribution in [-0.4, -0.2) is 18.8 Å². The number of nitrogens with one attached hydrogen (secondary N) is 1. The summed E-state index contributed by atoms with van der Waals surface area (Å²) in [6.07, 6.45) is -2.83. The van der Waals surface area contributed by atoms with E-state index in [1.54, 1.807) is 0 Å². The van der Waals surface area contributed by atoms with Crippen LogP contribution in [0, 0.1) is 17.2 Å². The second-order valence-corrected chi connectivity index (χ2v) is 3.18. The number of hydrogen-bond acceptors (Lipinski definition) is 2. The van der Waals surface area contributed by atoms with E-state index in [0.717, 1.165) is 0 Å². The fourth-order valence-electron chi connectivity index (χ4n) is 1.30. The van der Waals surface area contributed by atoms with E-state index in [0.29, 0.717) is 12.8 Å². The minimum atomic E-state index is -4.25. The number of halogens is 3. The Balaban J connectivity index is 4.10. The molecule has 0 aromatic heterocycles. The van der Waals surface area contributed by atoms with Crippen molar-refractivity contribution in [2.75, 3.05) is 6.54 Å². The van der Waals surface area contributed by atoms with Crippen LogP contribution in [0.5, 0.6) is 0 Å². The molecule has 0 aliphatic rings. The molecule has 2 nitrogen and oxygen atoms in total. The maximum Gasteiger partial charge on any atom is 0.401 e. The van der Waals surface area contributed by atoms with E-state index in [1.807, 2.05) is 19.9 Å². The number of nitriles is 1. The van der Waals surface area contributed by atoms with Crippen molar-refractivity contribution in [3.8, 4) is 6.07 Å². The lowest BCUT2D eigenvalue weighted by Gasteiger charge is -2.20. The van der Waals surface area contributed by atoms with Gasteiger partial charge >= 0.3 is 6.18 Å². The van der Waals surface area contributed by atoms with E-state index in [-0.39, 0.29) is 5.92 Å². The van der Waals surface area contributed by atoms with Gasteiger partial charge < -0.3 is 0 Å². The van der Waals surface area contributed by atoms with Gasteiger partial charge in [0.25, 0.3) is 0 Å². The van der Waals surface area contributed by atoms with Gasteiger partial charge in [0.15, 0.2) is 0 Å². The van der Waals surface area contributed by atoms with Gasteiger partial charge in [0.2, 0.25) is 0 Å². The molecular formula is C9H15F3N2. The van der Waals surface area contributed by atoms with Crippen LogP contribution in [0.3, 0.4) is 0 Å². The minimum absolute atomic E-state index is 0.0117. The molecule has 5 heteroatoms. The van der Waals surface area contributed by atoms with Crippen LogP contribution in [0.4, 0.5) is 13.2 Å². The molecule has 1 unspecified atom stereocenters. The van der Waals surface area contributed by atoms with Crippen LogP contribution < -0.4 is 5.32 Å². The van der Waals surface area contributed by atoms with Crippen LogP contribution in [-0.2, 0) is 0 Å². The maximum absolute atomic E-state index is 11.9. The van der Waals surface area contributed by atoms with Gasteiger partial charge in [-0.05, 0) is 5.92 Å². The average Bonchev–Trinajstić information content (AvgIpc) is 2.10. The highest BCUT2D eigenvalue weighted by molar-refractivity contribution is 4.94. The van der Waals surface area contributed by atoms with Crippen molar-refractivity contribution in [1.29, 1.82) is 5.26 Å². The lowest BCUT2D eigenvalue weighted by molar-refractivity contribution is -0.126. The maximum atomic E-state index is 11.9. The molecule has 0 bridgehead atoms. The van der Waals surface area contributed by atoms with Gasteiger partial charge in [-0.3, -0.25) is 5.32 Å². The van der Waals surface area contributed by atoms with Crippen LogP contribution in [0.15, 0.2) is 0 Å². The molecule has 0 aliphatic heterocycles. The van der Waals surface area contributed by atoms with Gasteiger partial charge in [0.1, 0.15) is 0 Å². The van der Waals surface area contributed by atoms with Gasteiger partial charge in [-0.2, -0.15) is 18.4 Å². The second-order valence-electron chi connectivity index (χ2n) is 3.18. The van der Waals surface area contributed by atoms with Crippen LogP contribution in [0.2, 0.25) is 0 Å². The lowest BCUT2D eigenvalue weighted by atomic mass is 9.95. The number of nitrogens with zero attached hydrogens (tertiary/aromatic N) is 1. The molecule has 0 fully saturated rings. The van der Waals surface area contributed by atoms with Gasteiger partial charge in [-0.15, -0.1) is 0 Å². The predicted octanol–water partition coefficient (Wildman–Crippen LogP) is 2.47. The Morgan fingerprint density at radius 3 is 2.07 bits per heavy atom. The van der Waals surface area contributed by atoms with Crippen LogP contribution in [0.25, 0.3) is 0 Å². The molecule has 0 spiro atoms. The molecule has 0 amide bonds. The van der Waals surface area contributed by atoms with Crippen molar-refractivity contribution < 1.29 is 13.2 Å². The highest BCUT2D eigenvalue weighted by atomic mass is 19.4. The minimum Gasteiger partial charge on any atom is -0.293 e. The zero-order chi connectivity index (χ0) is 11.2. The molecule has 0 heterocycles. The highest BCUT2D eigenvalue weighted by Gasteiger charge is 2.29. The van der Waals surface area contributed by atoms with Gasteiger partial charge in [-0.1, -0.05) is 26.7 Å². The quantitative estimate of drug-likeness (QED) is 0.753. The zero-order valence-corrected chi connectivity index (χ0v) is 8.36. The van der Waals surface area contributed by atoms with Crippen LogP contribution in [0.1, 0.15) is 26.7 Å². The standard InChI is InChI=1S/C9H15F3N2/c1-3-7(4-2)8(5-13)14-6-9(10,11)12/h7-8,14H,3-4,6H2,1-2H3. The third-order valence-corrected chi connectivity index (χ3v) is 2.18. The Morgan fingerprint density at radius 2 is 1.79 bits per heavy atom. The molecule has 0 aliphatic carbocycles. The van der Waals surface area contributed by atoms with Crippen molar-refractivity contribution in [1.82, 2.24) is 5.32 Å². The first-order valence-corrected chi connectivity index (χ1v) is 4.64. The molecule has 82 valence electrons. The molecule has 0 rings (SSSR count). The second kappa shape index (κ2) is 5.86. The zero-order valence-electron chi connectivity index (χ0n) is 8.36. The van der Waals surface area contributed by atoms with E-state index in [9.17, 15) is 13.2 Å². The summed E-state index contributed by atoms with van der Waals surface area (Å²) in [5.41, 5.74) is 0. The molecule has 0 aromatic carbocycles. The fraction of sp³-hybridized carbons (Fsp3) is 0.889. The third-order valence-electron chi connectivity index (χ3n) is 2.18. The summed E-state index contributed by atoms with van der Waals surface area (Å²) in [4.78, 5) is 0. The first-order valence-electron chi connectivity index (χ1n) is 4.64. The molecule has 0 radical (unpaired) electrons. The van der Waals surface area contributed by atoms with E-state index in [1.165, 1.54) is 0 Å². The molecule has 14 heavy (non-hydrogen) atoms. The van der Waals surface area contributed by atoms with Gasteiger partial charge in [0.05, 0.1) is 18.7 Å². The molecule has 1 N–H and O–H groups in total. The summed E-state index contributed by atoms with van der Waals surface area (Å²) in [6.45, 7) is 2.64. The Bertz CT molecular complexity index is 191. The summed E-state index contributed by atoms with van der Waals surface area (Å²) < 4.78 is 35.6. The third kappa shape index (κ3) is 5.07. The van der Waals surface area contributed by atoms with Crippen molar-refractivity contribution in [2.45, 2.75) is 38.9 Å². The normalized spacial score (nSPS) is 14.1. The lowest BCUT2D eigenvalue weighted by Crippen LogP contribution is -2.40. The van der Waals surface area contributed by atoms with Crippen molar-refractivity contribution in [3.05, 3.63) is 0 Å². The smallest absolute Gasteiger partial charge is 0.293 e. The summed E-state index contributed by atoms with van der Waals surface area (Å²) >= 11 is 0. The van der Waals surface area contributed by atoms with Crippen molar-refractivity contribution >= 4 is 0 Å². The summed E-state index contributed by atoms with van der Waals surface area (Å²) in [7, 11) is 0. The molecular weight excluding hydrogens is 193 g/mol. The Morgan fingerprint density at radius 1 is 1.29 bits per heavy atom. The fourth-order valence-corrected chi connectivity index (χ4v) is 1.30. The van der Waals surface area contributed by atoms with Crippen LogP contribution >= 0.6 is 0 Å². The number of alkyl halides is 3. The summed E-state index contributed by atoms with van der Waals surface area (Å²) in [6, 6.07) is 1.16.